The molecular weight excluding hydrogens is 195 g/mol. The normalized spacial score (nSPS) is 14.0. The van der Waals surface area contributed by atoms with Crippen molar-refractivity contribution in [2.75, 3.05) is 0 Å². The van der Waals surface area contributed by atoms with Gasteiger partial charge in [0.05, 0.1) is 0 Å². The maximum absolute atomic E-state index is 10.6. The third-order valence-electron chi connectivity index (χ3n) is 2.32. The van der Waals surface area contributed by atoms with Gasteiger partial charge in [-0.3, -0.25) is 4.79 Å². The van der Waals surface area contributed by atoms with Gasteiger partial charge in [-0.2, -0.15) is 0 Å². The fraction of sp³-hybridized carbons (Fsp3) is 0. The van der Waals surface area contributed by atoms with Crippen LogP contribution in [0.5, 0.6) is 0 Å². The summed E-state index contributed by atoms with van der Waals surface area (Å²) in [4.78, 5) is 10.6. The van der Waals surface area contributed by atoms with E-state index in [0.29, 0.717) is 5.57 Å². The number of rotatable bonds is 2. The molecular formula is C14H9BO. The lowest BCUT2D eigenvalue weighted by Crippen LogP contribution is -1.99. The first-order valence-electron chi connectivity index (χ1n) is 4.95. The lowest BCUT2D eigenvalue weighted by Gasteiger charge is -2.01. The molecule has 0 fully saturated rings. The Morgan fingerprint density at radius 2 is 1.81 bits per heavy atom. The lowest BCUT2D eigenvalue weighted by molar-refractivity contribution is -0.104. The van der Waals surface area contributed by atoms with Gasteiger partial charge in [0.15, 0.2) is 6.29 Å². The average molecular weight is 204 g/mol. The topological polar surface area (TPSA) is 17.1 Å². The van der Waals surface area contributed by atoms with E-state index < -0.39 is 0 Å². The molecule has 1 aromatic rings. The van der Waals surface area contributed by atoms with Crippen molar-refractivity contribution in [2.45, 2.75) is 0 Å². The number of carbonyl (C=O) groups excluding carboxylic acids is 1. The van der Waals surface area contributed by atoms with Crippen LogP contribution in [0.4, 0.5) is 0 Å². The van der Waals surface area contributed by atoms with E-state index in [1.807, 2.05) is 36.4 Å². The van der Waals surface area contributed by atoms with Crippen LogP contribution in [0, 0.1) is 0 Å². The highest BCUT2D eigenvalue weighted by molar-refractivity contribution is 6.32. The number of hydrogen-bond acceptors (Lipinski definition) is 1. The standard InChI is InChI=1S/C14H9BO/c15-14-8-6-13(7-9-14)12-3-1-2-11(10-16)4-5-12/h2-10H. The Kier molecular flexibility index (Phi) is 3.04. The smallest absolute Gasteiger partial charge is 0.150 e. The summed E-state index contributed by atoms with van der Waals surface area (Å²) in [5.41, 5.74) is 6.37. The van der Waals surface area contributed by atoms with Gasteiger partial charge in [0.25, 0.3) is 0 Å². The number of aldehydes is 1. The quantitative estimate of drug-likeness (QED) is 0.407. The summed E-state index contributed by atoms with van der Waals surface area (Å²) >= 11 is 0. The number of allylic oxidation sites excluding steroid dienone is 5. The molecule has 16 heavy (non-hydrogen) atoms. The van der Waals surface area contributed by atoms with Crippen molar-refractivity contribution >= 4 is 25.2 Å². The van der Waals surface area contributed by atoms with Crippen molar-refractivity contribution < 1.29 is 4.79 Å². The van der Waals surface area contributed by atoms with Crippen LogP contribution in [0.1, 0.15) is 5.56 Å². The Balaban J connectivity index is 2.40. The molecule has 0 saturated carbocycles. The van der Waals surface area contributed by atoms with Gasteiger partial charge in [0.2, 0.25) is 0 Å². The lowest BCUT2D eigenvalue weighted by atomic mass is 9.93. The zero-order valence-corrected chi connectivity index (χ0v) is 8.68. The number of hydrogen-bond donors (Lipinski definition) is 0. The summed E-state index contributed by atoms with van der Waals surface area (Å²) in [6, 6.07) is 7.59. The minimum atomic E-state index is 0.613. The van der Waals surface area contributed by atoms with E-state index in [2.05, 4.69) is 5.73 Å². The first-order chi connectivity index (χ1) is 7.79. The maximum atomic E-state index is 10.6. The van der Waals surface area contributed by atoms with Crippen molar-refractivity contribution in [3.8, 4) is 0 Å². The van der Waals surface area contributed by atoms with Crippen LogP contribution in [-0.4, -0.2) is 14.1 Å². The van der Waals surface area contributed by atoms with Gasteiger partial charge in [-0.05, 0) is 23.3 Å². The molecule has 2 rings (SSSR count). The fourth-order valence-electron chi connectivity index (χ4n) is 1.44. The minimum absolute atomic E-state index is 0.613. The summed E-state index contributed by atoms with van der Waals surface area (Å²) in [7, 11) is 5.62. The SMILES string of the molecule is [B]c1ccc(C2=CC=C(C=O)C=C=C2)cc1. The van der Waals surface area contributed by atoms with E-state index in [1.165, 1.54) is 0 Å². The Labute approximate surface area is 95.9 Å². The monoisotopic (exact) mass is 204 g/mol. The maximum Gasteiger partial charge on any atom is 0.150 e. The van der Waals surface area contributed by atoms with E-state index in [0.717, 1.165) is 22.9 Å². The summed E-state index contributed by atoms with van der Waals surface area (Å²) < 4.78 is 0. The largest absolute Gasteiger partial charge is 0.298 e. The predicted molar refractivity (Wildman–Crippen MR) is 66.6 cm³/mol. The summed E-state index contributed by atoms with van der Waals surface area (Å²) in [5.74, 6) is 0. The molecule has 74 valence electrons. The van der Waals surface area contributed by atoms with Gasteiger partial charge in [0, 0.05) is 5.57 Å². The van der Waals surface area contributed by atoms with Gasteiger partial charge in [-0.1, -0.05) is 41.9 Å². The molecule has 2 radical (unpaired) electrons. The first kappa shape index (κ1) is 10.5. The molecule has 0 aliphatic heterocycles. The number of carbonyl (C=O) groups is 1. The third-order valence-corrected chi connectivity index (χ3v) is 2.32. The van der Waals surface area contributed by atoms with Gasteiger partial charge in [0.1, 0.15) is 7.85 Å². The second-order valence-corrected chi connectivity index (χ2v) is 3.48. The van der Waals surface area contributed by atoms with Crippen LogP contribution in [-0.2, 0) is 4.79 Å². The molecule has 0 bridgehead atoms. The van der Waals surface area contributed by atoms with Crippen molar-refractivity contribution in [3.05, 3.63) is 65.4 Å². The summed E-state index contributed by atoms with van der Waals surface area (Å²) in [6.07, 6.45) is 7.98. The molecule has 1 aliphatic rings. The average Bonchev–Trinajstić information content (AvgIpc) is 2.55. The van der Waals surface area contributed by atoms with Crippen LogP contribution in [0.25, 0.3) is 5.57 Å². The van der Waals surface area contributed by atoms with Crippen molar-refractivity contribution in [1.29, 1.82) is 0 Å². The molecule has 1 nitrogen and oxygen atoms in total. The Hall–Kier alpha value is -2.05. The molecule has 1 aliphatic carbocycles. The molecule has 1 aromatic carbocycles. The molecule has 0 aromatic heterocycles. The highest BCUT2D eigenvalue weighted by Crippen LogP contribution is 2.16. The Morgan fingerprint density at radius 1 is 1.06 bits per heavy atom. The second kappa shape index (κ2) is 4.65. The van der Waals surface area contributed by atoms with E-state index in [4.69, 9.17) is 7.85 Å². The summed E-state index contributed by atoms with van der Waals surface area (Å²) in [5, 5.41) is 0. The molecule has 0 saturated heterocycles. The molecule has 0 unspecified atom stereocenters. The van der Waals surface area contributed by atoms with Crippen LogP contribution >= 0.6 is 0 Å². The second-order valence-electron chi connectivity index (χ2n) is 3.48. The van der Waals surface area contributed by atoms with Crippen LogP contribution in [0.2, 0.25) is 0 Å². The molecule has 0 atom stereocenters. The van der Waals surface area contributed by atoms with Crippen LogP contribution < -0.4 is 5.46 Å². The van der Waals surface area contributed by atoms with E-state index in [1.54, 1.807) is 12.2 Å². The zero-order chi connectivity index (χ0) is 11.4. The van der Waals surface area contributed by atoms with E-state index >= 15 is 0 Å². The van der Waals surface area contributed by atoms with Crippen molar-refractivity contribution in [3.63, 3.8) is 0 Å². The van der Waals surface area contributed by atoms with Gasteiger partial charge < -0.3 is 0 Å². The molecule has 0 spiro atoms. The zero-order valence-electron chi connectivity index (χ0n) is 8.68. The van der Waals surface area contributed by atoms with Gasteiger partial charge in [-0.25, -0.2) is 0 Å². The van der Waals surface area contributed by atoms with Crippen LogP contribution in [0.15, 0.2) is 59.9 Å². The molecule has 2 heteroatoms. The van der Waals surface area contributed by atoms with Crippen molar-refractivity contribution in [2.24, 2.45) is 0 Å². The van der Waals surface area contributed by atoms with Crippen molar-refractivity contribution in [1.82, 2.24) is 0 Å². The first-order valence-corrected chi connectivity index (χ1v) is 4.95. The summed E-state index contributed by atoms with van der Waals surface area (Å²) in [6.45, 7) is 0. The highest BCUT2D eigenvalue weighted by Gasteiger charge is 1.98. The fourth-order valence-corrected chi connectivity index (χ4v) is 1.44. The molecule has 0 N–H and O–H groups in total. The van der Waals surface area contributed by atoms with Crippen LogP contribution in [0.3, 0.4) is 0 Å². The number of benzene rings is 1. The molecule has 0 heterocycles. The Morgan fingerprint density at radius 3 is 2.50 bits per heavy atom. The predicted octanol–water partition coefficient (Wildman–Crippen LogP) is 1.71. The molecule has 0 amide bonds. The third kappa shape index (κ3) is 2.30. The highest BCUT2D eigenvalue weighted by atomic mass is 16.1. The Bertz CT molecular complexity index is 526. The van der Waals surface area contributed by atoms with Gasteiger partial charge in [-0.15, -0.1) is 5.73 Å². The minimum Gasteiger partial charge on any atom is -0.298 e. The van der Waals surface area contributed by atoms with E-state index in [-0.39, 0.29) is 0 Å². The van der Waals surface area contributed by atoms with E-state index in [9.17, 15) is 4.79 Å². The van der Waals surface area contributed by atoms with Gasteiger partial charge >= 0.3 is 0 Å².